The lowest BCUT2D eigenvalue weighted by molar-refractivity contribution is -0.116. The lowest BCUT2D eigenvalue weighted by Crippen LogP contribution is -2.21. The van der Waals surface area contributed by atoms with E-state index < -0.39 is 0 Å². The number of carbonyl (C=O) groups is 1. The Morgan fingerprint density at radius 3 is 2.67 bits per heavy atom. The van der Waals surface area contributed by atoms with E-state index in [0.717, 1.165) is 36.8 Å². The zero-order valence-corrected chi connectivity index (χ0v) is 10.3. The monoisotopic (exact) mass is 244 g/mol. The molecule has 0 radical (unpaired) electrons. The van der Waals surface area contributed by atoms with Gasteiger partial charge in [0.05, 0.1) is 0 Å². The highest BCUT2D eigenvalue weighted by Gasteiger charge is 2.31. The van der Waals surface area contributed by atoms with Crippen molar-refractivity contribution >= 4 is 29.0 Å². The molecule has 0 saturated carbocycles. The summed E-state index contributed by atoms with van der Waals surface area (Å²) in [6, 6.07) is 0. The molecule has 0 spiro atoms. The smallest absolute Gasteiger partial charge is 0.163 e. The predicted molar refractivity (Wildman–Crippen MR) is 63.0 cm³/mol. The molecule has 82 valence electrons. The van der Waals surface area contributed by atoms with Crippen molar-refractivity contribution in [3.8, 4) is 0 Å². The van der Waals surface area contributed by atoms with Crippen molar-refractivity contribution in [2.24, 2.45) is 5.92 Å². The molecule has 2 aliphatic rings. The summed E-state index contributed by atoms with van der Waals surface area (Å²) >= 11 is 11.7. The summed E-state index contributed by atoms with van der Waals surface area (Å²) in [4.78, 5) is 11.9. The summed E-state index contributed by atoms with van der Waals surface area (Å²) in [7, 11) is 0. The number of rotatable bonds is 0. The minimum atomic E-state index is 0.233. The summed E-state index contributed by atoms with van der Waals surface area (Å²) in [5.74, 6) is 0.747. The van der Waals surface area contributed by atoms with Crippen LogP contribution in [-0.2, 0) is 4.79 Å². The normalized spacial score (nSPS) is 26.7. The van der Waals surface area contributed by atoms with Gasteiger partial charge < -0.3 is 0 Å². The molecule has 0 aromatic heterocycles. The summed E-state index contributed by atoms with van der Waals surface area (Å²) in [5.41, 5.74) is 3.03. The van der Waals surface area contributed by atoms with Crippen LogP contribution in [0.25, 0.3) is 0 Å². The van der Waals surface area contributed by atoms with Crippen molar-refractivity contribution in [2.45, 2.75) is 39.0 Å². The van der Waals surface area contributed by atoms with Gasteiger partial charge in [0.25, 0.3) is 0 Å². The number of halogens is 2. The molecule has 0 fully saturated rings. The topological polar surface area (TPSA) is 17.1 Å². The molecular weight excluding hydrogens is 231 g/mol. The van der Waals surface area contributed by atoms with Gasteiger partial charge in [-0.1, -0.05) is 35.7 Å². The van der Waals surface area contributed by atoms with E-state index in [-0.39, 0.29) is 10.3 Å². The Labute approximate surface area is 100 Å². The van der Waals surface area contributed by atoms with Crippen LogP contribution in [0.1, 0.15) is 39.0 Å². The van der Waals surface area contributed by atoms with Crippen LogP contribution in [0.2, 0.25) is 0 Å². The van der Waals surface area contributed by atoms with Gasteiger partial charge in [0.2, 0.25) is 0 Å². The van der Waals surface area contributed by atoms with Gasteiger partial charge in [-0.2, -0.15) is 0 Å². The van der Waals surface area contributed by atoms with Gasteiger partial charge in [-0.15, -0.1) is 0 Å². The second-order valence-corrected chi connectivity index (χ2v) is 5.31. The second kappa shape index (κ2) is 4.31. The number of hydrogen-bond donors (Lipinski definition) is 0. The fourth-order valence-electron chi connectivity index (χ4n) is 2.57. The van der Waals surface area contributed by atoms with Gasteiger partial charge in [0.1, 0.15) is 4.49 Å². The van der Waals surface area contributed by atoms with Crippen LogP contribution in [0, 0.1) is 5.92 Å². The van der Waals surface area contributed by atoms with Crippen molar-refractivity contribution < 1.29 is 4.79 Å². The Balaban J connectivity index is 2.53. The molecular formula is C12H14Cl2O. The Morgan fingerprint density at radius 1 is 1.27 bits per heavy atom. The first kappa shape index (κ1) is 11.2. The average molecular weight is 245 g/mol. The molecule has 0 bridgehead atoms. The second-order valence-electron chi connectivity index (χ2n) is 4.36. The molecule has 0 heterocycles. The van der Waals surface area contributed by atoms with Crippen LogP contribution in [0.4, 0.5) is 0 Å². The maximum absolute atomic E-state index is 11.9. The van der Waals surface area contributed by atoms with Crippen LogP contribution in [0.3, 0.4) is 0 Å². The third kappa shape index (κ3) is 2.00. The van der Waals surface area contributed by atoms with E-state index in [1.807, 2.05) is 0 Å². The molecule has 0 aliphatic heterocycles. The van der Waals surface area contributed by atoms with Gasteiger partial charge in [0.15, 0.2) is 5.78 Å². The van der Waals surface area contributed by atoms with Crippen LogP contribution < -0.4 is 0 Å². The van der Waals surface area contributed by atoms with Gasteiger partial charge in [-0.05, 0) is 37.2 Å². The van der Waals surface area contributed by atoms with Crippen LogP contribution in [-0.4, -0.2) is 5.78 Å². The molecule has 0 amide bonds. The fraction of sp³-hybridized carbons (Fsp3) is 0.583. The van der Waals surface area contributed by atoms with E-state index in [1.165, 1.54) is 5.57 Å². The molecule has 15 heavy (non-hydrogen) atoms. The van der Waals surface area contributed by atoms with E-state index in [4.69, 9.17) is 23.2 Å². The first-order valence-corrected chi connectivity index (χ1v) is 6.17. The summed E-state index contributed by atoms with van der Waals surface area (Å²) in [6.45, 7) is 2.19. The van der Waals surface area contributed by atoms with Crippen molar-refractivity contribution in [3.05, 3.63) is 21.2 Å². The molecule has 0 saturated heterocycles. The fourth-order valence-corrected chi connectivity index (χ4v) is 2.95. The highest BCUT2D eigenvalue weighted by Crippen LogP contribution is 2.42. The van der Waals surface area contributed by atoms with Crippen LogP contribution in [0.15, 0.2) is 21.2 Å². The first-order valence-electron chi connectivity index (χ1n) is 5.42. The Morgan fingerprint density at radius 2 is 2.00 bits per heavy atom. The highest BCUT2D eigenvalue weighted by molar-refractivity contribution is 6.56. The number of carbonyl (C=O) groups excluding carboxylic acids is 1. The minimum Gasteiger partial charge on any atom is -0.294 e. The van der Waals surface area contributed by atoms with Gasteiger partial charge in [-0.3, -0.25) is 4.79 Å². The summed E-state index contributed by atoms with van der Waals surface area (Å²) < 4.78 is 0.282. The molecule has 2 aliphatic carbocycles. The van der Waals surface area contributed by atoms with Crippen LogP contribution in [0.5, 0.6) is 0 Å². The number of hydrogen-bond acceptors (Lipinski definition) is 1. The predicted octanol–water partition coefficient (Wildman–Crippen LogP) is 4.16. The third-order valence-electron chi connectivity index (χ3n) is 3.40. The van der Waals surface area contributed by atoms with Gasteiger partial charge in [0, 0.05) is 12.0 Å². The van der Waals surface area contributed by atoms with Gasteiger partial charge >= 0.3 is 0 Å². The molecule has 0 aromatic rings. The van der Waals surface area contributed by atoms with Gasteiger partial charge in [-0.25, -0.2) is 0 Å². The van der Waals surface area contributed by atoms with E-state index >= 15 is 0 Å². The van der Waals surface area contributed by atoms with E-state index in [9.17, 15) is 4.79 Å². The maximum atomic E-state index is 11.9. The Kier molecular flexibility index (Phi) is 3.22. The lowest BCUT2D eigenvalue weighted by atomic mass is 9.74. The third-order valence-corrected chi connectivity index (χ3v) is 3.86. The Bertz CT molecular complexity index is 362. The average Bonchev–Trinajstić information content (AvgIpc) is 2.19. The minimum absolute atomic E-state index is 0.233. The van der Waals surface area contributed by atoms with Crippen molar-refractivity contribution in [3.63, 3.8) is 0 Å². The molecule has 0 N–H and O–H groups in total. The van der Waals surface area contributed by atoms with E-state index in [1.54, 1.807) is 0 Å². The van der Waals surface area contributed by atoms with E-state index in [2.05, 4.69) is 6.92 Å². The SMILES string of the molecule is CC1CCC(=C(Cl)Cl)C2=C1CCCC2=O. The quantitative estimate of drug-likeness (QED) is 0.626. The van der Waals surface area contributed by atoms with Crippen molar-refractivity contribution in [1.82, 2.24) is 0 Å². The number of Topliss-reactive ketones (excluding diaryl/α,β-unsaturated/α-hetero) is 1. The zero-order chi connectivity index (χ0) is 11.0. The number of ketones is 1. The first-order chi connectivity index (χ1) is 7.11. The number of allylic oxidation sites excluding steroid dienone is 3. The summed E-state index contributed by atoms with van der Waals surface area (Å²) in [6.07, 6.45) is 4.57. The standard InChI is InChI=1S/C12H14Cl2O/c1-7-5-6-9(12(13)14)11-8(7)3-2-4-10(11)15/h7H,2-6H2,1H3. The van der Waals surface area contributed by atoms with E-state index in [0.29, 0.717) is 12.3 Å². The molecule has 1 atom stereocenters. The van der Waals surface area contributed by atoms with Crippen molar-refractivity contribution in [1.29, 1.82) is 0 Å². The summed E-state index contributed by atoms with van der Waals surface area (Å²) in [5, 5.41) is 0. The zero-order valence-electron chi connectivity index (χ0n) is 8.78. The highest BCUT2D eigenvalue weighted by atomic mass is 35.5. The van der Waals surface area contributed by atoms with Crippen LogP contribution >= 0.6 is 23.2 Å². The molecule has 0 aromatic carbocycles. The molecule has 2 rings (SSSR count). The Hall–Kier alpha value is -0.270. The molecule has 3 heteroatoms. The molecule has 1 nitrogen and oxygen atoms in total. The van der Waals surface area contributed by atoms with Crippen molar-refractivity contribution in [2.75, 3.05) is 0 Å². The lowest BCUT2D eigenvalue weighted by Gasteiger charge is -2.30. The molecule has 1 unspecified atom stereocenters. The maximum Gasteiger partial charge on any atom is 0.163 e. The largest absolute Gasteiger partial charge is 0.294 e.